The van der Waals surface area contributed by atoms with Gasteiger partial charge in [-0.2, -0.15) is 5.10 Å². The van der Waals surface area contributed by atoms with Crippen molar-refractivity contribution in [2.24, 2.45) is 0 Å². The summed E-state index contributed by atoms with van der Waals surface area (Å²) < 4.78 is 3.11. The molecule has 0 saturated carbocycles. The fraction of sp³-hybridized carbons (Fsp3) is 0.174. The Balaban J connectivity index is 1.51. The summed E-state index contributed by atoms with van der Waals surface area (Å²) in [6.07, 6.45) is 1.59. The van der Waals surface area contributed by atoms with Gasteiger partial charge in [-0.1, -0.05) is 24.3 Å². The molecule has 4 rings (SSSR count). The second kappa shape index (κ2) is 8.84. The van der Waals surface area contributed by atoms with Crippen molar-refractivity contribution >= 4 is 34.2 Å². The van der Waals surface area contributed by atoms with Gasteiger partial charge in [-0.15, -0.1) is 0 Å². The Morgan fingerprint density at radius 1 is 1.00 bits per heavy atom. The smallest absolute Gasteiger partial charge is 0.264 e. The van der Waals surface area contributed by atoms with Crippen LogP contribution in [0.4, 0.5) is 11.4 Å². The second-order valence-corrected chi connectivity index (χ2v) is 7.31. The number of carbonyl (C=O) groups excluding carboxylic acids is 2. The van der Waals surface area contributed by atoms with E-state index in [0.717, 1.165) is 5.69 Å². The highest BCUT2D eigenvalue weighted by Gasteiger charge is 2.15. The first-order valence-electron chi connectivity index (χ1n) is 10.1. The first-order valence-corrected chi connectivity index (χ1v) is 10.1. The fourth-order valence-electron chi connectivity index (χ4n) is 3.44. The van der Waals surface area contributed by atoms with Crippen molar-refractivity contribution in [3.8, 4) is 5.69 Å². The number of amides is 2. The van der Waals surface area contributed by atoms with Crippen LogP contribution in [0.5, 0.6) is 0 Å². The molecule has 0 aliphatic carbocycles. The van der Waals surface area contributed by atoms with Crippen molar-refractivity contribution in [1.82, 2.24) is 19.3 Å². The van der Waals surface area contributed by atoms with E-state index in [1.165, 1.54) is 17.7 Å². The van der Waals surface area contributed by atoms with Gasteiger partial charge in [0.2, 0.25) is 11.8 Å². The van der Waals surface area contributed by atoms with Crippen LogP contribution in [0.1, 0.15) is 19.2 Å². The molecule has 0 atom stereocenters. The summed E-state index contributed by atoms with van der Waals surface area (Å²) in [5, 5.41) is 10.2. The third-order valence-corrected chi connectivity index (χ3v) is 4.91. The Hall–Kier alpha value is -4.27. The molecular weight excluding hydrogens is 408 g/mol. The van der Waals surface area contributed by atoms with Gasteiger partial charge >= 0.3 is 0 Å². The van der Waals surface area contributed by atoms with Gasteiger partial charge in [-0.25, -0.2) is 9.67 Å². The first-order chi connectivity index (χ1) is 15.4. The van der Waals surface area contributed by atoms with E-state index >= 15 is 0 Å². The normalized spacial score (nSPS) is 10.8. The highest BCUT2D eigenvalue weighted by atomic mass is 16.2. The predicted molar refractivity (Wildman–Crippen MR) is 122 cm³/mol. The summed E-state index contributed by atoms with van der Waals surface area (Å²) in [4.78, 5) is 41.2. The number of aromatic nitrogens is 4. The zero-order valence-electron chi connectivity index (χ0n) is 17.7. The summed E-state index contributed by atoms with van der Waals surface area (Å²) in [5.41, 5.74) is 2.20. The molecule has 2 N–H and O–H groups in total. The third-order valence-electron chi connectivity index (χ3n) is 4.91. The molecule has 0 fully saturated rings. The van der Waals surface area contributed by atoms with Crippen LogP contribution in [0.3, 0.4) is 0 Å². The lowest BCUT2D eigenvalue weighted by molar-refractivity contribution is -0.116. The van der Waals surface area contributed by atoms with E-state index in [-0.39, 0.29) is 30.3 Å². The number of fused-ring (bicyclic) bond motifs is 1. The van der Waals surface area contributed by atoms with E-state index in [2.05, 4.69) is 20.7 Å². The summed E-state index contributed by atoms with van der Waals surface area (Å²) in [5.74, 6) is 0.0544. The van der Waals surface area contributed by atoms with E-state index < -0.39 is 0 Å². The van der Waals surface area contributed by atoms with Crippen molar-refractivity contribution in [3.05, 3.63) is 77.0 Å². The number of hydrogen-bond acceptors (Lipinski definition) is 5. The fourth-order valence-corrected chi connectivity index (χ4v) is 3.44. The van der Waals surface area contributed by atoms with Crippen molar-refractivity contribution in [2.75, 3.05) is 10.6 Å². The maximum Gasteiger partial charge on any atom is 0.264 e. The summed E-state index contributed by atoms with van der Waals surface area (Å²) >= 11 is 0. The molecule has 2 heterocycles. The van der Waals surface area contributed by atoms with Crippen LogP contribution in [-0.2, 0) is 16.1 Å². The highest BCUT2D eigenvalue weighted by Crippen LogP contribution is 2.16. The Kier molecular flexibility index (Phi) is 5.80. The molecular formula is C23H22N6O3. The molecule has 0 aliphatic heterocycles. The van der Waals surface area contributed by atoms with Gasteiger partial charge in [0.05, 0.1) is 11.9 Å². The topological polar surface area (TPSA) is 111 Å². The number of nitrogens with one attached hydrogen (secondary N) is 2. The molecule has 4 aromatic rings. The van der Waals surface area contributed by atoms with Crippen molar-refractivity contribution in [1.29, 1.82) is 0 Å². The monoisotopic (exact) mass is 430 g/mol. The number of anilines is 2. The van der Waals surface area contributed by atoms with E-state index in [9.17, 15) is 14.4 Å². The molecule has 162 valence electrons. The highest BCUT2D eigenvalue weighted by molar-refractivity contribution is 5.93. The zero-order valence-corrected chi connectivity index (χ0v) is 17.7. The number of aryl methyl sites for hydroxylation is 1. The molecule has 9 heteroatoms. The Morgan fingerprint density at radius 2 is 1.72 bits per heavy atom. The average Bonchev–Trinajstić information content (AvgIpc) is 3.18. The number of hydrogen-bond donors (Lipinski definition) is 2. The van der Waals surface area contributed by atoms with Crippen molar-refractivity contribution in [2.45, 2.75) is 26.8 Å². The van der Waals surface area contributed by atoms with Crippen LogP contribution in [0, 0.1) is 6.92 Å². The van der Waals surface area contributed by atoms with E-state index in [0.29, 0.717) is 28.2 Å². The largest absolute Gasteiger partial charge is 0.326 e. The van der Waals surface area contributed by atoms with Gasteiger partial charge in [0, 0.05) is 31.3 Å². The number of rotatable bonds is 6. The number of nitrogens with zero attached hydrogens (tertiary/aromatic N) is 4. The molecule has 2 amide bonds. The molecule has 0 bridgehead atoms. The van der Waals surface area contributed by atoms with Crippen LogP contribution >= 0.6 is 0 Å². The second-order valence-electron chi connectivity index (χ2n) is 7.31. The number of carbonyl (C=O) groups is 2. The lowest BCUT2D eigenvalue weighted by atomic mass is 10.2. The first kappa shape index (κ1) is 21.0. The minimum Gasteiger partial charge on any atom is -0.326 e. The van der Waals surface area contributed by atoms with E-state index in [1.54, 1.807) is 35.9 Å². The van der Waals surface area contributed by atoms with Crippen LogP contribution in [-0.4, -0.2) is 31.1 Å². The van der Waals surface area contributed by atoms with Gasteiger partial charge in [0.15, 0.2) is 5.65 Å². The standard InChI is InChI=1S/C23H22N6O3/c1-15-25-22-20(14-24-29(22)19-9-4-3-5-10-19)23(32)28(15)12-11-21(31)27-18-8-6-7-17(13-18)26-16(2)30/h3-10,13-14H,11-12H2,1-2H3,(H,26,30)(H,27,31). The molecule has 0 spiro atoms. The number of benzene rings is 2. The molecule has 0 radical (unpaired) electrons. The summed E-state index contributed by atoms with van der Waals surface area (Å²) in [6.45, 7) is 3.33. The lowest BCUT2D eigenvalue weighted by Gasteiger charge is -2.11. The third kappa shape index (κ3) is 4.41. The minimum atomic E-state index is -0.253. The van der Waals surface area contributed by atoms with Gasteiger partial charge in [-0.3, -0.25) is 19.0 Å². The summed E-state index contributed by atoms with van der Waals surface area (Å²) in [6, 6.07) is 16.3. The maximum absolute atomic E-state index is 13.0. The van der Waals surface area contributed by atoms with Crippen molar-refractivity contribution < 1.29 is 9.59 Å². The molecule has 32 heavy (non-hydrogen) atoms. The molecule has 2 aromatic carbocycles. The molecule has 0 saturated heterocycles. The molecule has 9 nitrogen and oxygen atoms in total. The van der Waals surface area contributed by atoms with Gasteiger partial charge in [0.25, 0.3) is 5.56 Å². The molecule has 2 aromatic heterocycles. The van der Waals surface area contributed by atoms with Crippen LogP contribution in [0.25, 0.3) is 16.7 Å². The van der Waals surface area contributed by atoms with E-state index in [1.807, 2.05) is 30.3 Å². The molecule has 0 unspecified atom stereocenters. The predicted octanol–water partition coefficient (Wildman–Crippen LogP) is 2.88. The maximum atomic E-state index is 13.0. The SMILES string of the molecule is CC(=O)Nc1cccc(NC(=O)CCn2c(C)nc3c(cnn3-c3ccccc3)c2=O)c1. The van der Waals surface area contributed by atoms with Gasteiger partial charge in [-0.05, 0) is 37.3 Å². The van der Waals surface area contributed by atoms with Crippen LogP contribution < -0.4 is 16.2 Å². The molecule has 0 aliphatic rings. The van der Waals surface area contributed by atoms with Gasteiger partial charge < -0.3 is 10.6 Å². The minimum absolute atomic E-state index is 0.0884. The average molecular weight is 430 g/mol. The van der Waals surface area contributed by atoms with Crippen LogP contribution in [0.15, 0.2) is 65.6 Å². The van der Waals surface area contributed by atoms with Crippen molar-refractivity contribution in [3.63, 3.8) is 0 Å². The zero-order chi connectivity index (χ0) is 22.7. The number of para-hydroxylation sites is 1. The van der Waals surface area contributed by atoms with E-state index in [4.69, 9.17) is 0 Å². The quantitative estimate of drug-likeness (QED) is 0.489. The summed E-state index contributed by atoms with van der Waals surface area (Å²) in [7, 11) is 0. The Bertz CT molecular complexity index is 1360. The van der Waals surface area contributed by atoms with Crippen LogP contribution in [0.2, 0.25) is 0 Å². The Labute approximate surface area is 183 Å². The Morgan fingerprint density at radius 3 is 2.44 bits per heavy atom. The van der Waals surface area contributed by atoms with Gasteiger partial charge in [0.1, 0.15) is 11.2 Å². The lowest BCUT2D eigenvalue weighted by Crippen LogP contribution is -2.26.